The van der Waals surface area contributed by atoms with Crippen molar-refractivity contribution in [2.75, 3.05) is 39.4 Å². The molecule has 17 heavy (non-hydrogen) atoms. The molecule has 0 aromatic rings. The number of hydrogen-bond acceptors (Lipinski definition) is 4. The highest BCUT2D eigenvalue weighted by molar-refractivity contribution is 4.99. The standard InChI is InChI=1S/C12H22FN3O/c13-9-5-15-6-10(14)11(9)16-3-1-12(2-4-16)7-17-8-12/h9-11,15H,1-8,14H2. The number of piperidine rings is 2. The molecule has 0 aromatic carbocycles. The van der Waals surface area contributed by atoms with E-state index in [0.29, 0.717) is 12.0 Å². The Kier molecular flexibility index (Phi) is 3.11. The molecule has 0 radical (unpaired) electrons. The van der Waals surface area contributed by atoms with Crippen LogP contribution < -0.4 is 11.1 Å². The zero-order chi connectivity index (χ0) is 11.9. The summed E-state index contributed by atoms with van der Waals surface area (Å²) in [4.78, 5) is 2.26. The van der Waals surface area contributed by atoms with Gasteiger partial charge in [-0.2, -0.15) is 0 Å². The predicted molar refractivity (Wildman–Crippen MR) is 63.6 cm³/mol. The lowest BCUT2D eigenvalue weighted by atomic mass is 9.76. The van der Waals surface area contributed by atoms with Gasteiger partial charge in [-0.3, -0.25) is 4.90 Å². The van der Waals surface area contributed by atoms with Crippen LogP contribution in [0, 0.1) is 5.41 Å². The van der Waals surface area contributed by atoms with Gasteiger partial charge < -0.3 is 15.8 Å². The van der Waals surface area contributed by atoms with Crippen LogP contribution in [0.5, 0.6) is 0 Å². The van der Waals surface area contributed by atoms with Crippen LogP contribution in [0.4, 0.5) is 4.39 Å². The molecule has 0 amide bonds. The van der Waals surface area contributed by atoms with Crippen molar-refractivity contribution in [3.05, 3.63) is 0 Å². The Bertz CT molecular complexity index is 265. The van der Waals surface area contributed by atoms with Gasteiger partial charge in [-0.15, -0.1) is 0 Å². The van der Waals surface area contributed by atoms with E-state index in [2.05, 4.69) is 10.2 Å². The highest BCUT2D eigenvalue weighted by Gasteiger charge is 2.44. The Hall–Kier alpha value is -0.230. The Balaban J connectivity index is 1.61. The fourth-order valence-electron chi connectivity index (χ4n) is 3.37. The van der Waals surface area contributed by atoms with Gasteiger partial charge >= 0.3 is 0 Å². The number of rotatable bonds is 1. The molecule has 3 atom stereocenters. The lowest BCUT2D eigenvalue weighted by molar-refractivity contribution is -0.146. The minimum absolute atomic E-state index is 0.0783. The number of nitrogens with zero attached hydrogens (tertiary/aromatic N) is 1. The van der Waals surface area contributed by atoms with Gasteiger partial charge in [0.15, 0.2) is 0 Å². The van der Waals surface area contributed by atoms with E-state index in [4.69, 9.17) is 10.5 Å². The second-order valence-electron chi connectivity index (χ2n) is 5.86. The molecule has 3 rings (SSSR count). The van der Waals surface area contributed by atoms with Crippen molar-refractivity contribution in [1.82, 2.24) is 10.2 Å². The van der Waals surface area contributed by atoms with Crippen molar-refractivity contribution < 1.29 is 9.13 Å². The van der Waals surface area contributed by atoms with E-state index in [1.54, 1.807) is 0 Å². The van der Waals surface area contributed by atoms with E-state index in [1.807, 2.05) is 0 Å². The molecule has 5 heteroatoms. The number of nitrogens with two attached hydrogens (primary N) is 1. The molecule has 1 spiro atoms. The molecule has 3 N–H and O–H groups in total. The van der Waals surface area contributed by atoms with Gasteiger partial charge in [0.2, 0.25) is 0 Å². The van der Waals surface area contributed by atoms with Crippen LogP contribution in [0.15, 0.2) is 0 Å². The lowest BCUT2D eigenvalue weighted by Gasteiger charge is -2.50. The number of ether oxygens (including phenoxy) is 1. The van der Waals surface area contributed by atoms with Crippen LogP contribution in [0.1, 0.15) is 12.8 Å². The van der Waals surface area contributed by atoms with Crippen LogP contribution in [-0.4, -0.2) is 62.5 Å². The highest BCUT2D eigenvalue weighted by atomic mass is 19.1. The van der Waals surface area contributed by atoms with E-state index in [-0.39, 0.29) is 12.1 Å². The smallest absolute Gasteiger partial charge is 0.129 e. The fraction of sp³-hybridized carbons (Fsp3) is 1.00. The van der Waals surface area contributed by atoms with Gasteiger partial charge in [-0.25, -0.2) is 4.39 Å². The minimum atomic E-state index is -0.828. The molecule has 3 heterocycles. The molecular weight excluding hydrogens is 221 g/mol. The van der Waals surface area contributed by atoms with E-state index in [1.165, 1.54) is 0 Å². The van der Waals surface area contributed by atoms with Gasteiger partial charge in [0, 0.05) is 24.5 Å². The number of halogens is 1. The molecule has 3 aliphatic heterocycles. The Labute approximate surface area is 102 Å². The third-order valence-electron chi connectivity index (χ3n) is 4.63. The molecule has 0 saturated carbocycles. The fourth-order valence-corrected chi connectivity index (χ4v) is 3.37. The Morgan fingerprint density at radius 3 is 2.47 bits per heavy atom. The molecule has 0 aromatic heterocycles. The van der Waals surface area contributed by atoms with Crippen LogP contribution in [-0.2, 0) is 4.74 Å². The monoisotopic (exact) mass is 243 g/mol. The largest absolute Gasteiger partial charge is 0.380 e. The summed E-state index contributed by atoms with van der Waals surface area (Å²) in [6.45, 7) is 4.93. The van der Waals surface area contributed by atoms with E-state index >= 15 is 0 Å². The van der Waals surface area contributed by atoms with Gasteiger partial charge in [-0.1, -0.05) is 0 Å². The molecule has 3 saturated heterocycles. The van der Waals surface area contributed by atoms with Crippen molar-refractivity contribution in [3.8, 4) is 0 Å². The van der Waals surface area contributed by atoms with Gasteiger partial charge in [0.05, 0.1) is 19.3 Å². The predicted octanol–water partition coefficient (Wildman–Crippen LogP) is -0.264. The number of alkyl halides is 1. The third kappa shape index (κ3) is 2.10. The van der Waals surface area contributed by atoms with E-state index in [9.17, 15) is 4.39 Å². The summed E-state index contributed by atoms with van der Waals surface area (Å²) < 4.78 is 19.3. The molecule has 3 fully saturated rings. The van der Waals surface area contributed by atoms with E-state index in [0.717, 1.165) is 45.7 Å². The zero-order valence-corrected chi connectivity index (χ0v) is 10.2. The molecule has 4 nitrogen and oxygen atoms in total. The second-order valence-corrected chi connectivity index (χ2v) is 5.86. The summed E-state index contributed by atoms with van der Waals surface area (Å²) in [5.74, 6) is 0. The Morgan fingerprint density at radius 2 is 1.94 bits per heavy atom. The first-order chi connectivity index (χ1) is 8.20. The third-order valence-corrected chi connectivity index (χ3v) is 4.63. The highest BCUT2D eigenvalue weighted by Crippen LogP contribution is 2.39. The normalized spacial score (nSPS) is 42.4. The first-order valence-corrected chi connectivity index (χ1v) is 6.62. The first-order valence-electron chi connectivity index (χ1n) is 6.62. The van der Waals surface area contributed by atoms with Crippen molar-refractivity contribution in [2.45, 2.75) is 31.1 Å². The molecule has 3 unspecified atom stereocenters. The van der Waals surface area contributed by atoms with Gasteiger partial charge in [0.25, 0.3) is 0 Å². The van der Waals surface area contributed by atoms with Crippen molar-refractivity contribution >= 4 is 0 Å². The number of hydrogen-bond donors (Lipinski definition) is 2. The van der Waals surface area contributed by atoms with Crippen molar-refractivity contribution in [1.29, 1.82) is 0 Å². The van der Waals surface area contributed by atoms with Crippen LogP contribution in [0.25, 0.3) is 0 Å². The summed E-state index contributed by atoms with van der Waals surface area (Å²) >= 11 is 0. The van der Waals surface area contributed by atoms with Crippen LogP contribution in [0.3, 0.4) is 0 Å². The quantitative estimate of drug-likeness (QED) is 0.666. The zero-order valence-electron chi connectivity index (χ0n) is 10.2. The summed E-state index contributed by atoms with van der Waals surface area (Å²) in [5, 5.41) is 3.05. The lowest BCUT2D eigenvalue weighted by Crippen LogP contribution is -2.65. The Morgan fingerprint density at radius 1 is 1.24 bits per heavy atom. The van der Waals surface area contributed by atoms with Gasteiger partial charge in [-0.05, 0) is 25.9 Å². The maximum Gasteiger partial charge on any atom is 0.129 e. The summed E-state index contributed by atoms with van der Waals surface area (Å²) in [7, 11) is 0. The molecule has 0 bridgehead atoms. The molecule has 0 aliphatic carbocycles. The first kappa shape index (κ1) is 11.8. The van der Waals surface area contributed by atoms with Crippen LogP contribution in [0.2, 0.25) is 0 Å². The van der Waals surface area contributed by atoms with E-state index < -0.39 is 6.17 Å². The maximum atomic E-state index is 14.0. The number of likely N-dealkylation sites (tertiary alicyclic amines) is 1. The SMILES string of the molecule is NC1CNCC(F)C1N1CCC2(CC1)COC2. The summed E-state index contributed by atoms with van der Waals surface area (Å²) in [6, 6.07) is -0.167. The van der Waals surface area contributed by atoms with Crippen molar-refractivity contribution in [2.24, 2.45) is 11.1 Å². The molecule has 98 valence electrons. The minimum Gasteiger partial charge on any atom is -0.380 e. The average molecular weight is 243 g/mol. The summed E-state index contributed by atoms with van der Waals surface area (Å²) in [6.07, 6.45) is 1.44. The van der Waals surface area contributed by atoms with Crippen molar-refractivity contribution in [3.63, 3.8) is 0 Å². The topological polar surface area (TPSA) is 50.5 Å². The average Bonchev–Trinajstić information content (AvgIpc) is 2.28. The maximum absolute atomic E-state index is 14.0. The number of nitrogens with one attached hydrogen (secondary N) is 1. The van der Waals surface area contributed by atoms with Gasteiger partial charge in [0.1, 0.15) is 6.17 Å². The second kappa shape index (κ2) is 4.46. The molecule has 3 aliphatic rings. The molecular formula is C12H22FN3O. The van der Waals surface area contributed by atoms with Crippen LogP contribution >= 0.6 is 0 Å². The summed E-state index contributed by atoms with van der Waals surface area (Å²) in [5.41, 5.74) is 6.46.